The van der Waals surface area contributed by atoms with Crippen molar-refractivity contribution in [2.75, 3.05) is 13.2 Å². The molecule has 3 rings (SSSR count). The number of piperazine rings is 1. The van der Waals surface area contributed by atoms with Gasteiger partial charge in [-0.05, 0) is 37.0 Å². The predicted octanol–water partition coefficient (Wildman–Crippen LogP) is 2.61. The van der Waals surface area contributed by atoms with Crippen molar-refractivity contribution in [3.63, 3.8) is 0 Å². The van der Waals surface area contributed by atoms with Gasteiger partial charge < -0.3 is 10.1 Å². The largest absolute Gasteiger partial charge is 0.494 e. The fraction of sp³-hybridized carbons (Fsp3) is 0.579. The van der Waals surface area contributed by atoms with E-state index in [2.05, 4.69) is 28.4 Å². The van der Waals surface area contributed by atoms with Crippen molar-refractivity contribution < 1.29 is 9.53 Å². The Morgan fingerprint density at radius 2 is 2.21 bits per heavy atom. The van der Waals surface area contributed by atoms with Crippen molar-refractivity contribution in [2.24, 2.45) is 0 Å². The second kappa shape index (κ2) is 8.16. The van der Waals surface area contributed by atoms with Gasteiger partial charge in [-0.3, -0.25) is 9.69 Å². The number of fused-ring (bicyclic) bond motifs is 1. The molecule has 24 heavy (non-hydrogen) atoms. The van der Waals surface area contributed by atoms with E-state index in [4.69, 9.17) is 10.00 Å². The Balaban J connectivity index is 1.62. The van der Waals surface area contributed by atoms with Gasteiger partial charge in [0.1, 0.15) is 5.75 Å². The molecule has 1 amide bonds. The Labute approximate surface area is 143 Å². The van der Waals surface area contributed by atoms with Crippen LogP contribution in [0.5, 0.6) is 5.75 Å². The molecule has 0 bridgehead atoms. The second-order valence-electron chi connectivity index (χ2n) is 6.69. The first-order chi connectivity index (χ1) is 11.8. The lowest BCUT2D eigenvalue weighted by Crippen LogP contribution is -2.61. The Kier molecular flexibility index (Phi) is 5.71. The molecule has 1 aliphatic heterocycles. The van der Waals surface area contributed by atoms with Crippen molar-refractivity contribution in [2.45, 2.75) is 57.2 Å². The molecule has 0 spiro atoms. The van der Waals surface area contributed by atoms with Crippen LogP contribution in [0.15, 0.2) is 24.3 Å². The molecule has 128 valence electrons. The highest BCUT2D eigenvalue weighted by molar-refractivity contribution is 5.79. The third kappa shape index (κ3) is 4.27. The number of nitrogens with zero attached hydrogens (tertiary/aromatic N) is 2. The topological polar surface area (TPSA) is 65.4 Å². The van der Waals surface area contributed by atoms with Crippen LogP contribution in [0.4, 0.5) is 0 Å². The number of amides is 1. The summed E-state index contributed by atoms with van der Waals surface area (Å²) in [7, 11) is 0. The summed E-state index contributed by atoms with van der Waals surface area (Å²) in [6.45, 7) is 1.83. The van der Waals surface area contributed by atoms with E-state index in [0.717, 1.165) is 31.6 Å². The smallest absolute Gasteiger partial charge is 0.234 e. The number of benzene rings is 1. The van der Waals surface area contributed by atoms with Gasteiger partial charge in [-0.1, -0.05) is 25.0 Å². The van der Waals surface area contributed by atoms with Gasteiger partial charge in [-0.15, -0.1) is 0 Å². The average Bonchev–Trinajstić information content (AvgIpc) is 2.59. The Morgan fingerprint density at radius 3 is 3.08 bits per heavy atom. The van der Waals surface area contributed by atoms with Crippen molar-refractivity contribution in [3.8, 4) is 11.8 Å². The molecule has 1 aromatic rings. The van der Waals surface area contributed by atoms with Gasteiger partial charge in [0.2, 0.25) is 5.91 Å². The van der Waals surface area contributed by atoms with Crippen LogP contribution >= 0.6 is 0 Å². The Bertz CT molecular complexity index is 611. The van der Waals surface area contributed by atoms with Gasteiger partial charge in [0.15, 0.2) is 0 Å². The van der Waals surface area contributed by atoms with Crippen LogP contribution in [0.3, 0.4) is 0 Å². The zero-order valence-corrected chi connectivity index (χ0v) is 14.0. The van der Waals surface area contributed by atoms with Crippen LogP contribution in [0.2, 0.25) is 0 Å². The minimum absolute atomic E-state index is 0.141. The number of nitrogens with one attached hydrogen (secondary N) is 1. The molecule has 1 saturated carbocycles. The summed E-state index contributed by atoms with van der Waals surface area (Å²) >= 11 is 0. The van der Waals surface area contributed by atoms with E-state index in [1.807, 2.05) is 12.1 Å². The monoisotopic (exact) mass is 327 g/mol. The third-order valence-corrected chi connectivity index (χ3v) is 4.88. The number of carbonyl (C=O) groups excluding carboxylic acids is 1. The zero-order chi connectivity index (χ0) is 16.8. The molecule has 5 heteroatoms. The van der Waals surface area contributed by atoms with Crippen molar-refractivity contribution in [3.05, 3.63) is 29.8 Å². The lowest BCUT2D eigenvalue weighted by atomic mass is 9.87. The molecule has 5 nitrogen and oxygen atoms in total. The van der Waals surface area contributed by atoms with E-state index >= 15 is 0 Å². The minimum Gasteiger partial charge on any atom is -0.494 e. The first-order valence-corrected chi connectivity index (χ1v) is 8.88. The molecule has 2 fully saturated rings. The molecule has 1 aromatic carbocycles. The maximum atomic E-state index is 12.0. The van der Waals surface area contributed by atoms with Crippen molar-refractivity contribution >= 4 is 5.91 Å². The highest BCUT2D eigenvalue weighted by Crippen LogP contribution is 2.27. The van der Waals surface area contributed by atoms with Crippen LogP contribution in [-0.4, -0.2) is 36.0 Å². The summed E-state index contributed by atoms with van der Waals surface area (Å²) in [6, 6.07) is 11.0. The summed E-state index contributed by atoms with van der Waals surface area (Å²) in [5.41, 5.74) is 1.17. The molecular formula is C19H25N3O2. The first kappa shape index (κ1) is 16.8. The standard InChI is InChI=1S/C19H25N3O2/c20-10-3-4-11-24-16-7-5-6-15(12-16)13-22-14-19(23)21-17-8-1-2-9-18(17)22/h5-7,12,17-18H,1-4,8-9,11,13-14H2,(H,21,23)/t17-,18-/m1/s1. The average molecular weight is 327 g/mol. The molecule has 1 saturated heterocycles. The van der Waals surface area contributed by atoms with Crippen molar-refractivity contribution in [1.82, 2.24) is 10.2 Å². The number of unbranched alkanes of at least 4 members (excludes halogenated alkanes) is 1. The number of carbonyl (C=O) groups is 1. The van der Waals surface area contributed by atoms with E-state index in [0.29, 0.717) is 31.7 Å². The van der Waals surface area contributed by atoms with Gasteiger partial charge in [0.25, 0.3) is 0 Å². The van der Waals surface area contributed by atoms with Crippen LogP contribution in [-0.2, 0) is 11.3 Å². The lowest BCUT2D eigenvalue weighted by molar-refractivity contribution is -0.128. The predicted molar refractivity (Wildman–Crippen MR) is 91.4 cm³/mol. The number of ether oxygens (including phenoxy) is 1. The molecule has 1 aliphatic carbocycles. The first-order valence-electron chi connectivity index (χ1n) is 8.88. The van der Waals surface area contributed by atoms with E-state index < -0.39 is 0 Å². The lowest BCUT2D eigenvalue weighted by Gasteiger charge is -2.44. The van der Waals surface area contributed by atoms with Gasteiger partial charge in [-0.25, -0.2) is 0 Å². The summed E-state index contributed by atoms with van der Waals surface area (Å²) in [6.07, 6.45) is 5.98. The molecule has 1 heterocycles. The van der Waals surface area contributed by atoms with Crippen LogP contribution in [0, 0.1) is 11.3 Å². The summed E-state index contributed by atoms with van der Waals surface area (Å²) in [4.78, 5) is 14.3. The highest BCUT2D eigenvalue weighted by Gasteiger charge is 2.36. The number of nitriles is 1. The fourth-order valence-electron chi connectivity index (χ4n) is 3.75. The van der Waals surface area contributed by atoms with E-state index in [1.165, 1.54) is 18.4 Å². The maximum Gasteiger partial charge on any atom is 0.234 e. The van der Waals surface area contributed by atoms with E-state index in [-0.39, 0.29) is 5.91 Å². The van der Waals surface area contributed by atoms with Gasteiger partial charge in [-0.2, -0.15) is 5.26 Å². The number of hydrogen-bond donors (Lipinski definition) is 1. The molecule has 0 aromatic heterocycles. The summed E-state index contributed by atoms with van der Waals surface area (Å²) in [5.74, 6) is 0.981. The number of rotatable bonds is 6. The Hall–Kier alpha value is -2.06. The summed E-state index contributed by atoms with van der Waals surface area (Å²) < 4.78 is 5.72. The molecule has 0 unspecified atom stereocenters. The van der Waals surface area contributed by atoms with Crippen LogP contribution in [0.25, 0.3) is 0 Å². The molecule has 1 N–H and O–H groups in total. The molecular weight excluding hydrogens is 302 g/mol. The van der Waals surface area contributed by atoms with Crippen LogP contribution in [0.1, 0.15) is 44.1 Å². The van der Waals surface area contributed by atoms with Gasteiger partial charge in [0.05, 0.1) is 19.2 Å². The fourth-order valence-corrected chi connectivity index (χ4v) is 3.75. The van der Waals surface area contributed by atoms with E-state index in [9.17, 15) is 4.79 Å². The second-order valence-corrected chi connectivity index (χ2v) is 6.69. The Morgan fingerprint density at radius 1 is 1.33 bits per heavy atom. The van der Waals surface area contributed by atoms with Crippen LogP contribution < -0.4 is 10.1 Å². The quantitative estimate of drug-likeness (QED) is 0.816. The molecule has 0 radical (unpaired) electrons. The molecule has 2 atom stereocenters. The SMILES string of the molecule is N#CCCCOc1cccc(CN2CC(=O)N[C@@H]3CCCC[C@H]32)c1. The zero-order valence-electron chi connectivity index (χ0n) is 14.0. The molecule has 2 aliphatic rings. The van der Waals surface area contributed by atoms with E-state index in [1.54, 1.807) is 0 Å². The number of hydrogen-bond acceptors (Lipinski definition) is 4. The van der Waals surface area contributed by atoms with Gasteiger partial charge in [0, 0.05) is 25.0 Å². The highest BCUT2D eigenvalue weighted by atomic mass is 16.5. The summed E-state index contributed by atoms with van der Waals surface area (Å²) in [5, 5.41) is 11.7. The maximum absolute atomic E-state index is 12.0. The normalized spacial score (nSPS) is 23.9. The third-order valence-electron chi connectivity index (χ3n) is 4.88. The minimum atomic E-state index is 0.141. The van der Waals surface area contributed by atoms with Crippen molar-refractivity contribution in [1.29, 1.82) is 5.26 Å². The van der Waals surface area contributed by atoms with Gasteiger partial charge >= 0.3 is 0 Å².